The Morgan fingerprint density at radius 1 is 1.08 bits per heavy atom. The molecule has 7 heteroatoms. The van der Waals surface area contributed by atoms with Crippen LogP contribution in [0.1, 0.15) is 54.1 Å². The Bertz CT molecular complexity index is 1340. The molecule has 2 N–H and O–H groups in total. The Morgan fingerprint density at radius 2 is 1.92 bits per heavy atom. The predicted molar refractivity (Wildman–Crippen MR) is 148 cm³/mol. The van der Waals surface area contributed by atoms with Gasteiger partial charge in [0.15, 0.2) is 0 Å². The van der Waals surface area contributed by atoms with Crippen LogP contribution in [0.5, 0.6) is 5.75 Å². The monoisotopic (exact) mass is 515 g/mol. The molecule has 2 aromatic heterocycles. The number of thiophene rings is 1. The van der Waals surface area contributed by atoms with E-state index in [0.29, 0.717) is 6.54 Å². The van der Waals surface area contributed by atoms with Crippen molar-refractivity contribution in [1.82, 2.24) is 15.2 Å². The van der Waals surface area contributed by atoms with Gasteiger partial charge in [-0.2, -0.15) is 0 Å². The first-order valence-corrected chi connectivity index (χ1v) is 13.8. The van der Waals surface area contributed by atoms with Gasteiger partial charge in [-0.05, 0) is 48.1 Å². The molecule has 2 heterocycles. The average molecular weight is 516 g/mol. The third-order valence-corrected chi connectivity index (χ3v) is 8.02. The van der Waals surface area contributed by atoms with Crippen molar-refractivity contribution in [2.24, 2.45) is 0 Å². The Kier molecular flexibility index (Phi) is 7.90. The predicted octanol–water partition coefficient (Wildman–Crippen LogP) is 6.00. The van der Waals surface area contributed by atoms with Crippen LogP contribution in [0.4, 0.5) is 0 Å². The van der Waals surface area contributed by atoms with Crippen LogP contribution in [0, 0.1) is 0 Å². The molecule has 0 spiro atoms. The Morgan fingerprint density at radius 3 is 2.70 bits per heavy atom. The van der Waals surface area contributed by atoms with E-state index in [-0.39, 0.29) is 24.3 Å². The summed E-state index contributed by atoms with van der Waals surface area (Å²) in [5.74, 6) is 0.511. The number of aromatic amines is 1. The molecule has 6 nitrogen and oxygen atoms in total. The van der Waals surface area contributed by atoms with Crippen LogP contribution >= 0.6 is 11.3 Å². The molecule has 1 aliphatic carbocycles. The number of carbonyl (C=O) groups is 2. The molecule has 0 radical (unpaired) electrons. The second kappa shape index (κ2) is 11.6. The van der Waals surface area contributed by atoms with Gasteiger partial charge in [-0.25, -0.2) is 0 Å². The maximum Gasteiger partial charge on any atom is 0.247 e. The molecule has 0 aliphatic heterocycles. The summed E-state index contributed by atoms with van der Waals surface area (Å²) in [7, 11) is 1.63. The van der Waals surface area contributed by atoms with E-state index in [9.17, 15) is 9.59 Å². The first kappa shape index (κ1) is 25.1. The van der Waals surface area contributed by atoms with Crippen LogP contribution in [0.15, 0.2) is 72.2 Å². The number of para-hydroxylation sites is 1. The highest BCUT2D eigenvalue weighted by atomic mass is 32.1. The molecule has 37 heavy (non-hydrogen) atoms. The van der Waals surface area contributed by atoms with Crippen molar-refractivity contribution in [3.05, 3.63) is 88.2 Å². The summed E-state index contributed by atoms with van der Waals surface area (Å²) in [6.07, 6.45) is 7.53. The normalized spacial score (nSPS) is 14.8. The van der Waals surface area contributed by atoms with Crippen molar-refractivity contribution in [2.45, 2.75) is 57.2 Å². The number of benzene rings is 2. The summed E-state index contributed by atoms with van der Waals surface area (Å²) >= 11 is 1.56. The number of nitrogens with zero attached hydrogens (tertiary/aromatic N) is 1. The van der Waals surface area contributed by atoms with E-state index < -0.39 is 6.04 Å². The van der Waals surface area contributed by atoms with Crippen molar-refractivity contribution >= 4 is 34.1 Å². The number of ether oxygens (including phenoxy) is 1. The molecule has 2 amide bonds. The highest BCUT2D eigenvalue weighted by Gasteiger charge is 2.34. The molecule has 4 aromatic rings. The van der Waals surface area contributed by atoms with Gasteiger partial charge in [0.2, 0.25) is 11.8 Å². The number of carbonyl (C=O) groups excluding carboxylic acids is 2. The lowest BCUT2D eigenvalue weighted by Crippen LogP contribution is -2.47. The third kappa shape index (κ3) is 5.88. The topological polar surface area (TPSA) is 74.4 Å². The van der Waals surface area contributed by atoms with Crippen LogP contribution in [-0.2, 0) is 22.6 Å². The van der Waals surface area contributed by atoms with Gasteiger partial charge in [0.25, 0.3) is 0 Å². The molecular weight excluding hydrogens is 482 g/mol. The zero-order chi connectivity index (χ0) is 25.6. The number of hydrogen-bond donors (Lipinski definition) is 2. The fourth-order valence-electron chi connectivity index (χ4n) is 5.25. The van der Waals surface area contributed by atoms with E-state index in [1.165, 1.54) is 6.42 Å². The number of nitrogens with one attached hydrogen (secondary N) is 2. The minimum Gasteiger partial charge on any atom is -0.497 e. The number of hydrogen-bond acceptors (Lipinski definition) is 4. The lowest BCUT2D eigenvalue weighted by atomic mass is 9.94. The maximum atomic E-state index is 14.1. The number of amides is 2. The van der Waals surface area contributed by atoms with Crippen molar-refractivity contribution in [3.8, 4) is 5.75 Å². The molecule has 192 valence electrons. The van der Waals surface area contributed by atoms with Gasteiger partial charge in [0.05, 0.1) is 13.5 Å². The minimum absolute atomic E-state index is 0.0839. The number of fused-ring (bicyclic) bond motifs is 1. The van der Waals surface area contributed by atoms with Gasteiger partial charge in [-0.15, -0.1) is 11.3 Å². The molecule has 1 saturated carbocycles. The fraction of sp³-hybridized carbons (Fsp3) is 0.333. The van der Waals surface area contributed by atoms with Gasteiger partial charge < -0.3 is 19.9 Å². The van der Waals surface area contributed by atoms with Crippen LogP contribution in [0.2, 0.25) is 0 Å². The molecule has 5 rings (SSSR count). The summed E-state index contributed by atoms with van der Waals surface area (Å²) < 4.78 is 5.43. The number of rotatable bonds is 9. The Labute approximate surface area is 221 Å². The first-order valence-electron chi connectivity index (χ1n) is 12.9. The summed E-state index contributed by atoms with van der Waals surface area (Å²) in [6, 6.07) is 18.9. The molecular formula is C30H33N3O3S. The molecule has 0 bridgehead atoms. The smallest absolute Gasteiger partial charge is 0.247 e. The van der Waals surface area contributed by atoms with Crippen LogP contribution in [-0.4, -0.2) is 34.8 Å². The average Bonchev–Trinajstić information content (AvgIpc) is 3.59. The van der Waals surface area contributed by atoms with Crippen molar-refractivity contribution in [3.63, 3.8) is 0 Å². The Hall–Kier alpha value is -3.58. The molecule has 0 saturated heterocycles. The van der Waals surface area contributed by atoms with E-state index in [2.05, 4.69) is 10.3 Å². The van der Waals surface area contributed by atoms with Crippen molar-refractivity contribution in [1.29, 1.82) is 0 Å². The van der Waals surface area contributed by atoms with Crippen LogP contribution in [0.25, 0.3) is 10.9 Å². The summed E-state index contributed by atoms with van der Waals surface area (Å²) in [4.78, 5) is 34.1. The molecule has 1 fully saturated rings. The van der Waals surface area contributed by atoms with Crippen molar-refractivity contribution < 1.29 is 14.3 Å². The second-order valence-electron chi connectivity index (χ2n) is 9.66. The lowest BCUT2D eigenvalue weighted by molar-refractivity contribution is -0.141. The molecule has 0 unspecified atom stereocenters. The van der Waals surface area contributed by atoms with E-state index >= 15 is 0 Å². The SMILES string of the molecule is COc1cccc(CN(C(=O)Cc2cccs2)[C@@H](C(=O)NC2CCCCC2)c2c[nH]c3ccccc23)c1. The first-order chi connectivity index (χ1) is 18.1. The highest BCUT2D eigenvalue weighted by Crippen LogP contribution is 2.32. The number of methoxy groups -OCH3 is 1. The highest BCUT2D eigenvalue weighted by molar-refractivity contribution is 7.10. The van der Waals surface area contributed by atoms with E-state index in [1.807, 2.05) is 72.2 Å². The number of H-pyrrole nitrogens is 1. The lowest BCUT2D eigenvalue weighted by Gasteiger charge is -2.33. The molecule has 1 atom stereocenters. The van der Waals surface area contributed by atoms with E-state index in [0.717, 1.165) is 58.3 Å². The van der Waals surface area contributed by atoms with E-state index in [4.69, 9.17) is 4.74 Å². The standard InChI is InChI=1S/C30H33N3O3S/c1-36-23-12-7-9-21(17-23)20-33(28(34)18-24-13-8-16-37-24)29(30(35)32-22-10-3-2-4-11-22)26-19-31-27-15-6-5-14-25(26)27/h5-9,12-17,19,22,29,31H,2-4,10-11,18,20H2,1H3,(H,32,35)/t29-/m1/s1. The van der Waals surface area contributed by atoms with Crippen molar-refractivity contribution in [2.75, 3.05) is 7.11 Å². The van der Waals surface area contributed by atoms with Crippen LogP contribution in [0.3, 0.4) is 0 Å². The zero-order valence-corrected chi connectivity index (χ0v) is 21.9. The summed E-state index contributed by atoms with van der Waals surface area (Å²) in [5, 5.41) is 6.23. The maximum absolute atomic E-state index is 14.1. The summed E-state index contributed by atoms with van der Waals surface area (Å²) in [5.41, 5.74) is 2.67. The fourth-order valence-corrected chi connectivity index (χ4v) is 5.95. The Balaban J connectivity index is 1.56. The molecule has 2 aromatic carbocycles. The second-order valence-corrected chi connectivity index (χ2v) is 10.7. The van der Waals surface area contributed by atoms with Gasteiger partial charge in [-0.3, -0.25) is 9.59 Å². The largest absolute Gasteiger partial charge is 0.497 e. The summed E-state index contributed by atoms with van der Waals surface area (Å²) in [6.45, 7) is 0.295. The van der Waals surface area contributed by atoms with Gasteiger partial charge in [0, 0.05) is 40.1 Å². The van der Waals surface area contributed by atoms with Gasteiger partial charge in [0.1, 0.15) is 11.8 Å². The minimum atomic E-state index is -0.767. The van der Waals surface area contributed by atoms with E-state index in [1.54, 1.807) is 23.3 Å². The van der Waals surface area contributed by atoms with Gasteiger partial charge in [-0.1, -0.05) is 55.7 Å². The number of aromatic nitrogens is 1. The quantitative estimate of drug-likeness (QED) is 0.287. The molecule has 1 aliphatic rings. The van der Waals surface area contributed by atoms with Crippen LogP contribution < -0.4 is 10.1 Å². The van der Waals surface area contributed by atoms with Gasteiger partial charge >= 0.3 is 0 Å². The third-order valence-electron chi connectivity index (χ3n) is 7.14. The zero-order valence-electron chi connectivity index (χ0n) is 21.1.